The van der Waals surface area contributed by atoms with Crippen molar-refractivity contribution in [1.82, 2.24) is 25.8 Å². The number of carbonyl (C=O) groups is 5. The molecule has 1 unspecified atom stereocenters. The predicted molar refractivity (Wildman–Crippen MR) is 180 cm³/mol. The second-order valence-corrected chi connectivity index (χ2v) is 15.3. The third-order valence-electron chi connectivity index (χ3n) is 10.4. The van der Waals surface area contributed by atoms with E-state index in [-0.39, 0.29) is 24.3 Å². The Balaban J connectivity index is 1.57. The number of hydrogen-bond donors (Lipinski definition) is 4. The Morgan fingerprint density at radius 3 is 2.23 bits per heavy atom. The van der Waals surface area contributed by atoms with Gasteiger partial charge in [0.25, 0.3) is 5.91 Å². The fourth-order valence-electron chi connectivity index (χ4n) is 7.45. The number of ketones is 1. The molecule has 3 fully saturated rings. The van der Waals surface area contributed by atoms with Crippen LogP contribution in [-0.2, 0) is 25.6 Å². The first-order valence-electron chi connectivity index (χ1n) is 17.2. The van der Waals surface area contributed by atoms with Gasteiger partial charge in [0.15, 0.2) is 0 Å². The van der Waals surface area contributed by atoms with Crippen molar-refractivity contribution in [3.63, 3.8) is 0 Å². The van der Waals surface area contributed by atoms with Crippen molar-refractivity contribution in [1.29, 1.82) is 0 Å². The SMILES string of the molecule is CC(C)=C1CN(C(=O)[C@@H](NC(=O)NC2(Cc3ccccn3)CCCCC2)C(C)(C)C)[C@H](C(=O)NC(CC2CCC2)C(=O)C(N)=O)[C@H]1C. The minimum atomic E-state index is -1.09. The summed E-state index contributed by atoms with van der Waals surface area (Å²) in [5, 5.41) is 9.05. The van der Waals surface area contributed by atoms with Crippen molar-refractivity contribution in [3.05, 3.63) is 41.2 Å². The number of amides is 5. The van der Waals surface area contributed by atoms with E-state index in [2.05, 4.69) is 20.9 Å². The molecule has 47 heavy (non-hydrogen) atoms. The van der Waals surface area contributed by atoms with E-state index in [1.54, 1.807) is 6.20 Å². The zero-order valence-corrected chi connectivity index (χ0v) is 29.0. The molecule has 1 saturated heterocycles. The molecule has 1 aliphatic heterocycles. The summed E-state index contributed by atoms with van der Waals surface area (Å²) in [4.78, 5) is 73.0. The van der Waals surface area contributed by atoms with Gasteiger partial charge in [-0.1, -0.05) is 77.9 Å². The lowest BCUT2D eigenvalue weighted by Crippen LogP contribution is -2.63. The maximum atomic E-state index is 14.5. The second-order valence-electron chi connectivity index (χ2n) is 15.3. The molecule has 2 heterocycles. The number of aromatic nitrogens is 1. The molecule has 0 bridgehead atoms. The number of pyridine rings is 1. The summed E-state index contributed by atoms with van der Waals surface area (Å²) in [6.07, 6.45) is 10.3. The van der Waals surface area contributed by atoms with Crippen LogP contribution in [0.2, 0.25) is 0 Å². The second kappa shape index (κ2) is 15.0. The highest BCUT2D eigenvalue weighted by molar-refractivity contribution is 6.37. The first-order valence-corrected chi connectivity index (χ1v) is 17.2. The van der Waals surface area contributed by atoms with Gasteiger partial charge in [-0.15, -0.1) is 0 Å². The molecule has 2 saturated carbocycles. The summed E-state index contributed by atoms with van der Waals surface area (Å²) in [6.45, 7) is 11.7. The van der Waals surface area contributed by atoms with E-state index in [0.29, 0.717) is 12.8 Å². The smallest absolute Gasteiger partial charge is 0.315 e. The van der Waals surface area contributed by atoms with E-state index in [1.165, 1.54) is 4.90 Å². The lowest BCUT2D eigenvalue weighted by molar-refractivity contribution is -0.144. The van der Waals surface area contributed by atoms with Crippen LogP contribution in [0.4, 0.5) is 4.79 Å². The number of allylic oxidation sites excluding steroid dienone is 1. The standard InChI is InChI=1S/C36H54N6O5/c1-22(2)26-21-42(28(23(26)3)32(45)39-27(29(43)31(37)44)19-24-13-12-14-24)33(46)30(35(4,5)6)40-34(47)41-36(16-9-7-10-17-36)20-25-15-8-11-18-38-25/h8,11,15,18,23-24,27-28,30H,7,9-10,12-14,16-17,19-21H2,1-6H3,(H2,37,44)(H,39,45)(H2,40,41,47)/t23-,27?,28-,30+/m0/s1. The average Bonchev–Trinajstić information content (AvgIpc) is 3.34. The molecule has 11 nitrogen and oxygen atoms in total. The van der Waals surface area contributed by atoms with Crippen LogP contribution >= 0.6 is 0 Å². The number of urea groups is 1. The van der Waals surface area contributed by atoms with Gasteiger partial charge < -0.3 is 26.6 Å². The van der Waals surface area contributed by atoms with E-state index in [0.717, 1.165) is 68.2 Å². The van der Waals surface area contributed by atoms with Crippen LogP contribution in [0.1, 0.15) is 105 Å². The van der Waals surface area contributed by atoms with Crippen LogP contribution in [0.5, 0.6) is 0 Å². The molecular formula is C36H54N6O5. The molecule has 0 spiro atoms. The highest BCUT2D eigenvalue weighted by atomic mass is 16.2. The summed E-state index contributed by atoms with van der Waals surface area (Å²) in [5.74, 6) is -2.91. The summed E-state index contributed by atoms with van der Waals surface area (Å²) in [5.41, 5.74) is 7.03. The van der Waals surface area contributed by atoms with E-state index in [1.807, 2.05) is 59.7 Å². The molecule has 4 atom stereocenters. The monoisotopic (exact) mass is 650 g/mol. The van der Waals surface area contributed by atoms with Crippen LogP contribution in [0.25, 0.3) is 0 Å². The first kappa shape index (κ1) is 36.1. The quantitative estimate of drug-likeness (QED) is 0.209. The fraction of sp³-hybridized carbons (Fsp3) is 0.667. The van der Waals surface area contributed by atoms with Gasteiger partial charge in [-0.25, -0.2) is 4.79 Å². The Hall–Kier alpha value is -3.76. The number of nitrogens with zero attached hydrogens (tertiary/aromatic N) is 2. The number of primary amides is 1. The summed E-state index contributed by atoms with van der Waals surface area (Å²) in [7, 11) is 0. The van der Waals surface area contributed by atoms with E-state index in [9.17, 15) is 24.0 Å². The van der Waals surface area contributed by atoms with E-state index in [4.69, 9.17) is 5.73 Å². The first-order chi connectivity index (χ1) is 22.1. The molecule has 5 N–H and O–H groups in total. The zero-order chi connectivity index (χ0) is 34.5. The lowest BCUT2D eigenvalue weighted by Gasteiger charge is -2.40. The van der Waals surface area contributed by atoms with E-state index < -0.39 is 52.7 Å². The minimum Gasteiger partial charge on any atom is -0.363 e. The van der Waals surface area contributed by atoms with Crippen LogP contribution in [0.3, 0.4) is 0 Å². The van der Waals surface area contributed by atoms with Gasteiger partial charge in [-0.05, 0) is 62.1 Å². The van der Waals surface area contributed by atoms with Crippen molar-refractivity contribution in [2.45, 2.75) is 129 Å². The Kier molecular flexibility index (Phi) is 11.5. The number of rotatable bonds is 11. The Labute approximate surface area is 279 Å². The van der Waals surface area contributed by atoms with Gasteiger partial charge in [0.2, 0.25) is 17.6 Å². The predicted octanol–water partition coefficient (Wildman–Crippen LogP) is 3.95. The van der Waals surface area contributed by atoms with Gasteiger partial charge >= 0.3 is 6.03 Å². The van der Waals surface area contributed by atoms with Crippen LogP contribution in [0.15, 0.2) is 35.5 Å². The summed E-state index contributed by atoms with van der Waals surface area (Å²) >= 11 is 0. The summed E-state index contributed by atoms with van der Waals surface area (Å²) < 4.78 is 0. The Morgan fingerprint density at radius 2 is 1.70 bits per heavy atom. The van der Waals surface area contributed by atoms with Gasteiger partial charge in [0, 0.05) is 36.3 Å². The molecule has 3 aliphatic rings. The lowest BCUT2D eigenvalue weighted by atomic mass is 9.78. The number of Topliss-reactive ketones (excluding diaryl/α,β-unsaturated/α-hetero) is 1. The molecule has 0 radical (unpaired) electrons. The maximum absolute atomic E-state index is 14.5. The molecule has 258 valence electrons. The number of nitrogens with one attached hydrogen (secondary N) is 3. The molecule has 2 aliphatic carbocycles. The van der Waals surface area contributed by atoms with Crippen molar-refractivity contribution in [2.75, 3.05) is 6.54 Å². The molecule has 1 aromatic rings. The number of carbonyl (C=O) groups excluding carboxylic acids is 5. The third kappa shape index (κ3) is 8.78. The van der Waals surface area contributed by atoms with Gasteiger partial charge in [-0.3, -0.25) is 24.2 Å². The normalized spacial score (nSPS) is 22.4. The topological polar surface area (TPSA) is 164 Å². The molecule has 0 aromatic carbocycles. The number of likely N-dealkylation sites (tertiary alicyclic amines) is 1. The van der Waals surface area contributed by atoms with Crippen LogP contribution in [0, 0.1) is 17.3 Å². The van der Waals surface area contributed by atoms with Crippen molar-refractivity contribution in [2.24, 2.45) is 23.0 Å². The van der Waals surface area contributed by atoms with Crippen molar-refractivity contribution in [3.8, 4) is 0 Å². The number of nitrogens with two attached hydrogens (primary N) is 1. The minimum absolute atomic E-state index is 0.219. The molecule has 4 rings (SSSR count). The van der Waals surface area contributed by atoms with Crippen LogP contribution in [-0.4, -0.2) is 69.6 Å². The summed E-state index contributed by atoms with van der Waals surface area (Å²) in [6, 6.07) is 2.42. The maximum Gasteiger partial charge on any atom is 0.315 e. The molecule has 11 heteroatoms. The van der Waals surface area contributed by atoms with E-state index >= 15 is 0 Å². The van der Waals surface area contributed by atoms with Gasteiger partial charge in [0.05, 0.1) is 6.04 Å². The Morgan fingerprint density at radius 1 is 1.02 bits per heavy atom. The third-order valence-corrected chi connectivity index (χ3v) is 10.4. The molecule has 5 amide bonds. The highest BCUT2D eigenvalue weighted by Gasteiger charge is 2.48. The average molecular weight is 651 g/mol. The van der Waals surface area contributed by atoms with Gasteiger partial charge in [0.1, 0.15) is 12.1 Å². The molecular weight excluding hydrogens is 596 g/mol. The Bertz CT molecular complexity index is 1360. The van der Waals surface area contributed by atoms with Crippen molar-refractivity contribution < 1.29 is 24.0 Å². The van der Waals surface area contributed by atoms with Gasteiger partial charge in [-0.2, -0.15) is 0 Å². The fourth-order valence-corrected chi connectivity index (χ4v) is 7.45. The van der Waals surface area contributed by atoms with Crippen LogP contribution < -0.4 is 21.7 Å². The van der Waals surface area contributed by atoms with Crippen molar-refractivity contribution >= 4 is 29.5 Å². The zero-order valence-electron chi connectivity index (χ0n) is 29.0. The highest BCUT2D eigenvalue weighted by Crippen LogP contribution is 2.36. The number of hydrogen-bond acceptors (Lipinski definition) is 6. The molecule has 1 aromatic heterocycles. The largest absolute Gasteiger partial charge is 0.363 e.